The highest BCUT2D eigenvalue weighted by Crippen LogP contribution is 2.38. The summed E-state index contributed by atoms with van der Waals surface area (Å²) in [4.78, 5) is 18.1. The number of benzene rings is 1. The van der Waals surface area contributed by atoms with Crippen LogP contribution in [0.2, 0.25) is 0 Å². The molecular formula is C26H34N2OS. The molecule has 4 heteroatoms. The van der Waals surface area contributed by atoms with Crippen LogP contribution in [0.1, 0.15) is 69.8 Å². The Labute approximate surface area is 184 Å². The van der Waals surface area contributed by atoms with Crippen LogP contribution < -0.4 is 5.32 Å². The van der Waals surface area contributed by atoms with Gasteiger partial charge in [0, 0.05) is 23.4 Å². The molecule has 3 aliphatic rings. The minimum atomic E-state index is 0.134. The first-order valence-corrected chi connectivity index (χ1v) is 12.7. The van der Waals surface area contributed by atoms with E-state index in [1.165, 1.54) is 73.2 Å². The summed E-state index contributed by atoms with van der Waals surface area (Å²) in [6, 6.07) is 11.1. The van der Waals surface area contributed by atoms with Gasteiger partial charge in [-0.1, -0.05) is 37.1 Å². The molecule has 1 N–H and O–H groups in total. The molecule has 1 amide bonds. The van der Waals surface area contributed by atoms with Gasteiger partial charge in [0.05, 0.1) is 4.88 Å². The molecule has 5 rings (SSSR count). The highest BCUT2D eigenvalue weighted by molar-refractivity contribution is 7.14. The first kappa shape index (κ1) is 20.3. The highest BCUT2D eigenvalue weighted by Gasteiger charge is 2.39. The van der Waals surface area contributed by atoms with Crippen molar-refractivity contribution in [2.75, 3.05) is 26.2 Å². The Morgan fingerprint density at radius 2 is 1.63 bits per heavy atom. The minimum absolute atomic E-state index is 0.134. The molecule has 2 aliphatic carbocycles. The average molecular weight is 423 g/mol. The average Bonchev–Trinajstić information content (AvgIpc) is 3.45. The van der Waals surface area contributed by atoms with Crippen LogP contribution in [0.5, 0.6) is 0 Å². The van der Waals surface area contributed by atoms with Crippen LogP contribution in [0.25, 0.3) is 0 Å². The maximum atomic E-state index is 13.1. The van der Waals surface area contributed by atoms with E-state index < -0.39 is 0 Å². The van der Waals surface area contributed by atoms with Gasteiger partial charge in [-0.15, -0.1) is 11.3 Å². The Kier molecular flexibility index (Phi) is 5.97. The van der Waals surface area contributed by atoms with E-state index in [0.29, 0.717) is 0 Å². The quantitative estimate of drug-likeness (QED) is 0.734. The number of nitrogens with one attached hydrogen (secondary N) is 1. The van der Waals surface area contributed by atoms with Gasteiger partial charge < -0.3 is 10.2 Å². The molecule has 0 unspecified atom stereocenters. The third kappa shape index (κ3) is 4.36. The molecule has 1 aliphatic heterocycles. The van der Waals surface area contributed by atoms with Gasteiger partial charge in [-0.2, -0.15) is 0 Å². The lowest BCUT2D eigenvalue weighted by molar-refractivity contribution is 0.0918. The topological polar surface area (TPSA) is 32.3 Å². The molecule has 1 aromatic carbocycles. The largest absolute Gasteiger partial charge is 0.351 e. The van der Waals surface area contributed by atoms with Gasteiger partial charge in [0.25, 0.3) is 5.91 Å². The van der Waals surface area contributed by atoms with Crippen molar-refractivity contribution in [3.05, 3.63) is 56.8 Å². The van der Waals surface area contributed by atoms with Gasteiger partial charge in [-0.25, -0.2) is 0 Å². The predicted molar refractivity (Wildman–Crippen MR) is 124 cm³/mol. The Bertz CT molecular complexity index is 846. The predicted octanol–water partition coefficient (Wildman–Crippen LogP) is 5.02. The van der Waals surface area contributed by atoms with Crippen molar-refractivity contribution in [1.29, 1.82) is 0 Å². The molecule has 0 spiro atoms. The number of nitrogens with zero attached hydrogens (tertiary/aromatic N) is 1. The maximum absolute atomic E-state index is 13.1. The molecule has 3 nitrogen and oxygen atoms in total. The van der Waals surface area contributed by atoms with Gasteiger partial charge in [-0.3, -0.25) is 4.79 Å². The van der Waals surface area contributed by atoms with Crippen LogP contribution in [0.15, 0.2) is 30.3 Å². The van der Waals surface area contributed by atoms with E-state index in [9.17, 15) is 4.79 Å². The number of likely N-dealkylation sites (tertiary alicyclic amines) is 1. The van der Waals surface area contributed by atoms with Crippen molar-refractivity contribution in [3.63, 3.8) is 0 Å². The second-order valence-electron chi connectivity index (χ2n) is 9.76. The lowest BCUT2D eigenvalue weighted by atomic mass is 9.83. The van der Waals surface area contributed by atoms with Crippen molar-refractivity contribution < 1.29 is 4.79 Å². The number of rotatable bonds is 5. The van der Waals surface area contributed by atoms with Gasteiger partial charge in [0.1, 0.15) is 0 Å². The monoisotopic (exact) mass is 422 g/mol. The van der Waals surface area contributed by atoms with Crippen LogP contribution in [0.4, 0.5) is 0 Å². The Balaban J connectivity index is 1.29. The summed E-state index contributed by atoms with van der Waals surface area (Å²) in [7, 11) is 0. The fourth-order valence-corrected chi connectivity index (χ4v) is 6.96. The normalized spacial score (nSPS) is 20.9. The maximum Gasteiger partial charge on any atom is 0.261 e. The van der Waals surface area contributed by atoms with Crippen molar-refractivity contribution >= 4 is 17.2 Å². The van der Waals surface area contributed by atoms with E-state index in [-0.39, 0.29) is 11.3 Å². The van der Waals surface area contributed by atoms with Crippen LogP contribution in [0, 0.1) is 5.41 Å². The highest BCUT2D eigenvalue weighted by atomic mass is 32.1. The molecule has 1 aromatic heterocycles. The number of amides is 1. The zero-order valence-corrected chi connectivity index (χ0v) is 18.9. The van der Waals surface area contributed by atoms with Crippen molar-refractivity contribution in [1.82, 2.24) is 10.2 Å². The smallest absolute Gasteiger partial charge is 0.261 e. The Morgan fingerprint density at radius 3 is 2.37 bits per heavy atom. The molecule has 2 heterocycles. The van der Waals surface area contributed by atoms with E-state index in [1.807, 2.05) is 0 Å². The summed E-state index contributed by atoms with van der Waals surface area (Å²) in [5.41, 5.74) is 4.52. The molecule has 0 radical (unpaired) electrons. The third-order valence-electron chi connectivity index (χ3n) is 7.35. The summed E-state index contributed by atoms with van der Waals surface area (Å²) in [5, 5.41) is 3.38. The second kappa shape index (κ2) is 8.84. The van der Waals surface area contributed by atoms with Crippen molar-refractivity contribution in [3.8, 4) is 0 Å². The van der Waals surface area contributed by atoms with E-state index >= 15 is 0 Å². The van der Waals surface area contributed by atoms with E-state index in [4.69, 9.17) is 0 Å². The van der Waals surface area contributed by atoms with Crippen LogP contribution in [-0.2, 0) is 25.7 Å². The second-order valence-corrected chi connectivity index (χ2v) is 10.9. The minimum Gasteiger partial charge on any atom is -0.351 e. The molecule has 160 valence electrons. The summed E-state index contributed by atoms with van der Waals surface area (Å²) in [6.45, 7) is 4.30. The van der Waals surface area contributed by atoms with Gasteiger partial charge in [0.15, 0.2) is 0 Å². The summed E-state index contributed by atoms with van der Waals surface area (Å²) in [6.07, 6.45) is 12.3. The molecule has 0 atom stereocenters. The lowest BCUT2D eigenvalue weighted by Gasteiger charge is -2.33. The number of aryl methyl sites for hydroxylation is 2. The summed E-state index contributed by atoms with van der Waals surface area (Å²) in [5.74, 6) is 0.142. The molecule has 0 saturated carbocycles. The third-order valence-corrected chi connectivity index (χ3v) is 8.59. The lowest BCUT2D eigenvalue weighted by Crippen LogP contribution is -2.45. The number of fused-ring (bicyclic) bond motifs is 2. The molecule has 30 heavy (non-hydrogen) atoms. The number of hydrogen-bond donors (Lipinski definition) is 1. The zero-order chi connectivity index (χ0) is 20.4. The number of carbonyl (C=O) groups excluding carboxylic acids is 1. The molecular weight excluding hydrogens is 388 g/mol. The summed E-state index contributed by atoms with van der Waals surface area (Å²) < 4.78 is 0. The number of hydrogen-bond acceptors (Lipinski definition) is 3. The van der Waals surface area contributed by atoms with E-state index in [1.54, 1.807) is 11.3 Å². The Morgan fingerprint density at radius 1 is 0.933 bits per heavy atom. The summed E-state index contributed by atoms with van der Waals surface area (Å²) >= 11 is 1.75. The van der Waals surface area contributed by atoms with Gasteiger partial charge in [-0.05, 0) is 87.2 Å². The van der Waals surface area contributed by atoms with E-state index in [2.05, 4.69) is 40.5 Å². The fourth-order valence-electron chi connectivity index (χ4n) is 5.79. The number of thiophene rings is 1. The first-order valence-electron chi connectivity index (χ1n) is 11.9. The SMILES string of the molecule is O=C(NCC1(CN2CCCC2)Cc2ccccc2C1)c1cc2c(s1)CCCCCC2. The number of carbonyl (C=O) groups is 1. The van der Waals surface area contributed by atoms with Crippen LogP contribution in [0.3, 0.4) is 0 Å². The van der Waals surface area contributed by atoms with Crippen molar-refractivity contribution in [2.24, 2.45) is 5.41 Å². The molecule has 1 fully saturated rings. The molecule has 2 aromatic rings. The van der Waals surface area contributed by atoms with Gasteiger partial charge >= 0.3 is 0 Å². The van der Waals surface area contributed by atoms with Gasteiger partial charge in [0.2, 0.25) is 0 Å². The van der Waals surface area contributed by atoms with Crippen LogP contribution in [-0.4, -0.2) is 37.0 Å². The van der Waals surface area contributed by atoms with E-state index in [0.717, 1.165) is 43.6 Å². The molecule has 0 bridgehead atoms. The van der Waals surface area contributed by atoms with Crippen molar-refractivity contribution in [2.45, 2.75) is 64.2 Å². The standard InChI is InChI=1S/C26H34N2OS/c29-25(24-15-20-9-3-1-2-4-12-23(20)30-24)27-18-26(19-28-13-7-8-14-28)16-21-10-5-6-11-22(21)17-26/h5-6,10-11,15H,1-4,7-9,12-14,16-19H2,(H,27,29). The Hall–Kier alpha value is -1.65. The fraction of sp³-hybridized carbons (Fsp3) is 0.577. The van der Waals surface area contributed by atoms with Crippen LogP contribution >= 0.6 is 11.3 Å². The zero-order valence-electron chi connectivity index (χ0n) is 18.0. The molecule has 1 saturated heterocycles. The first-order chi connectivity index (χ1) is 14.7.